The fourth-order valence-electron chi connectivity index (χ4n) is 17.5. The number of carbonyl (C=O) groups is 1. The molecule has 52 heavy (non-hydrogen) atoms. The maximum atomic E-state index is 13.2. The Labute approximate surface area is 317 Å². The van der Waals surface area contributed by atoms with Crippen LogP contribution in [0.3, 0.4) is 0 Å². The van der Waals surface area contributed by atoms with Crippen LogP contribution in [0.25, 0.3) is 0 Å². The van der Waals surface area contributed by atoms with Crippen molar-refractivity contribution in [3.05, 3.63) is 0 Å². The maximum Gasteiger partial charge on any atom is 0.305 e. The summed E-state index contributed by atoms with van der Waals surface area (Å²) >= 11 is 0. The molecule has 3 N–H and O–H groups in total. The predicted molar refractivity (Wildman–Crippen MR) is 207 cm³/mol. The molecule has 0 saturated heterocycles. The zero-order valence-corrected chi connectivity index (χ0v) is 34.2. The van der Waals surface area contributed by atoms with Crippen LogP contribution in [0.1, 0.15) is 170 Å². The van der Waals surface area contributed by atoms with E-state index >= 15 is 0 Å². The molecule has 0 aromatic carbocycles. The molecule has 8 aliphatic carbocycles. The normalized spacial score (nSPS) is 53.7. The van der Waals surface area contributed by atoms with Crippen molar-refractivity contribution in [1.29, 1.82) is 0 Å². The summed E-state index contributed by atoms with van der Waals surface area (Å²) in [7, 11) is 0. The highest BCUT2D eigenvalue weighted by atomic mass is 16.5. The van der Waals surface area contributed by atoms with E-state index in [-0.39, 0.29) is 35.1 Å². The van der Waals surface area contributed by atoms with Crippen molar-refractivity contribution in [3.8, 4) is 0 Å². The molecule has 2 unspecified atom stereocenters. The molecule has 8 saturated carbocycles. The van der Waals surface area contributed by atoms with Crippen molar-refractivity contribution in [2.75, 3.05) is 6.61 Å². The number of fused-ring (bicyclic) bond motifs is 10. The zero-order chi connectivity index (χ0) is 36.8. The van der Waals surface area contributed by atoms with Crippen LogP contribution in [-0.2, 0) is 9.53 Å². The number of aliphatic hydroxyl groups is 3. The highest BCUT2D eigenvalue weighted by Gasteiger charge is 2.64. The van der Waals surface area contributed by atoms with Crippen LogP contribution in [0, 0.1) is 92.7 Å². The second-order valence-electron chi connectivity index (χ2n) is 22.2. The van der Waals surface area contributed by atoms with Crippen molar-refractivity contribution in [2.24, 2.45) is 92.7 Å². The summed E-state index contributed by atoms with van der Waals surface area (Å²) in [5.41, 5.74) is 1.08. The molecule has 0 radical (unpaired) electrons. The molecule has 5 nitrogen and oxygen atoms in total. The third-order valence-electron chi connectivity index (χ3n) is 20.5. The molecule has 5 heteroatoms. The zero-order valence-electron chi connectivity index (χ0n) is 34.2. The standard InChI is InChI=1S/C47H78O5/c1-28(36-12-14-38-34-10-8-30-25-32(48)17-21-44(30,3)39(34)19-23-46(36,38)5)7-16-43(51)52-24-20-29(2)37-13-15-40-35-11-9-31-26-33(49)18-22-45(31,4)41(35)27-42(50)47(37,40)6/h28-42,48-50H,7-27H2,1-6H3/t28-,29-,30?,31?,32-,33-,34+,35+,36-,37-,38+,39+,40+,41+,42+,44+,45+,46-,47-/m1/s1. The fourth-order valence-corrected chi connectivity index (χ4v) is 17.5. The minimum absolute atomic E-state index is 0.00755. The average molecular weight is 723 g/mol. The van der Waals surface area contributed by atoms with E-state index in [2.05, 4.69) is 41.5 Å². The highest BCUT2D eigenvalue weighted by Crippen LogP contribution is 2.70. The van der Waals surface area contributed by atoms with Gasteiger partial charge < -0.3 is 20.1 Å². The first-order valence-corrected chi connectivity index (χ1v) is 22.9. The van der Waals surface area contributed by atoms with Crippen LogP contribution in [0.5, 0.6) is 0 Å². The van der Waals surface area contributed by atoms with Gasteiger partial charge in [0.25, 0.3) is 0 Å². The molecule has 8 rings (SSSR count). The molecule has 8 aliphatic rings. The summed E-state index contributed by atoms with van der Waals surface area (Å²) in [6, 6.07) is 0. The van der Waals surface area contributed by atoms with Crippen LogP contribution in [-0.4, -0.2) is 46.2 Å². The first-order valence-electron chi connectivity index (χ1n) is 22.9. The number of hydrogen-bond donors (Lipinski definition) is 3. The Kier molecular flexibility index (Phi) is 10.3. The van der Waals surface area contributed by atoms with Gasteiger partial charge in [-0.25, -0.2) is 0 Å². The SMILES string of the molecule is C[C@H](CCC(=O)OCC[C@@H](C)[C@H]1CC[C@H]2[C@@H]3CCC4C[C@H](O)CC[C@]4(C)[C@H]3C[C@H](O)[C@]12C)[C@H]1CC[C@H]2[C@@H]3CCC4C[C@H](O)CC[C@]4(C)[C@H]3CC[C@]12C. The Morgan fingerprint density at radius 2 is 1.13 bits per heavy atom. The molecule has 19 atom stereocenters. The lowest BCUT2D eigenvalue weighted by atomic mass is 9.43. The van der Waals surface area contributed by atoms with Crippen LogP contribution >= 0.6 is 0 Å². The molecule has 0 amide bonds. The molecule has 0 heterocycles. The van der Waals surface area contributed by atoms with Crippen molar-refractivity contribution >= 4 is 5.97 Å². The number of esters is 1. The van der Waals surface area contributed by atoms with Crippen LogP contribution in [0.4, 0.5) is 0 Å². The highest BCUT2D eigenvalue weighted by molar-refractivity contribution is 5.69. The quantitative estimate of drug-likeness (QED) is 0.217. The van der Waals surface area contributed by atoms with E-state index in [4.69, 9.17) is 4.74 Å². The number of rotatable bonds is 8. The summed E-state index contributed by atoms with van der Waals surface area (Å²) in [6.45, 7) is 15.5. The van der Waals surface area contributed by atoms with Crippen molar-refractivity contribution in [3.63, 3.8) is 0 Å². The first kappa shape index (κ1) is 38.2. The van der Waals surface area contributed by atoms with Gasteiger partial charge >= 0.3 is 5.97 Å². The summed E-state index contributed by atoms with van der Waals surface area (Å²) in [4.78, 5) is 13.2. The fraction of sp³-hybridized carbons (Fsp3) is 0.979. The molecular weight excluding hydrogens is 645 g/mol. The topological polar surface area (TPSA) is 87.0 Å². The molecule has 0 bridgehead atoms. The second-order valence-corrected chi connectivity index (χ2v) is 22.2. The smallest absolute Gasteiger partial charge is 0.305 e. The Morgan fingerprint density at radius 1 is 0.596 bits per heavy atom. The largest absolute Gasteiger partial charge is 0.466 e. The minimum Gasteiger partial charge on any atom is -0.466 e. The van der Waals surface area contributed by atoms with Gasteiger partial charge in [0, 0.05) is 6.42 Å². The Bertz CT molecular complexity index is 1300. The lowest BCUT2D eigenvalue weighted by Gasteiger charge is -2.62. The van der Waals surface area contributed by atoms with Crippen molar-refractivity contribution in [2.45, 2.75) is 188 Å². The van der Waals surface area contributed by atoms with Gasteiger partial charge in [0.2, 0.25) is 0 Å². The number of carbonyl (C=O) groups excluding carboxylic acids is 1. The van der Waals surface area contributed by atoms with E-state index in [0.717, 1.165) is 75.0 Å². The first-order chi connectivity index (χ1) is 24.7. The molecule has 8 fully saturated rings. The van der Waals surface area contributed by atoms with Gasteiger partial charge in [-0.05, 0) is 215 Å². The van der Waals surface area contributed by atoms with Gasteiger partial charge in [-0.2, -0.15) is 0 Å². The number of aliphatic hydroxyl groups excluding tert-OH is 3. The monoisotopic (exact) mass is 723 g/mol. The maximum absolute atomic E-state index is 13.2. The summed E-state index contributed by atoms with van der Waals surface area (Å²) in [5, 5.41) is 32.8. The van der Waals surface area contributed by atoms with E-state index in [9.17, 15) is 20.1 Å². The summed E-state index contributed by atoms with van der Waals surface area (Å²) in [5.74, 6) is 7.94. The third kappa shape index (κ3) is 6.03. The molecule has 0 aliphatic heterocycles. The minimum atomic E-state index is -0.258. The van der Waals surface area contributed by atoms with E-state index in [0.29, 0.717) is 71.2 Å². The van der Waals surface area contributed by atoms with Gasteiger partial charge in [-0.15, -0.1) is 0 Å². The van der Waals surface area contributed by atoms with Crippen molar-refractivity contribution < 1.29 is 24.9 Å². The molecular formula is C47H78O5. The number of ether oxygens (including phenoxy) is 1. The van der Waals surface area contributed by atoms with Gasteiger partial charge in [0.05, 0.1) is 24.9 Å². The lowest BCUT2D eigenvalue weighted by Crippen LogP contribution is -2.58. The third-order valence-corrected chi connectivity index (χ3v) is 20.5. The van der Waals surface area contributed by atoms with Gasteiger partial charge in [-0.1, -0.05) is 41.5 Å². The van der Waals surface area contributed by atoms with Gasteiger partial charge in [0.15, 0.2) is 0 Å². The van der Waals surface area contributed by atoms with Crippen LogP contribution in [0.2, 0.25) is 0 Å². The Morgan fingerprint density at radius 3 is 1.81 bits per heavy atom. The molecule has 0 aromatic rings. The Balaban J connectivity index is 0.811. The van der Waals surface area contributed by atoms with E-state index in [1.54, 1.807) is 0 Å². The van der Waals surface area contributed by atoms with Gasteiger partial charge in [-0.3, -0.25) is 4.79 Å². The predicted octanol–water partition coefficient (Wildman–Crippen LogP) is 9.98. The van der Waals surface area contributed by atoms with E-state index < -0.39 is 0 Å². The summed E-state index contributed by atoms with van der Waals surface area (Å²) in [6.07, 6.45) is 22.2. The summed E-state index contributed by atoms with van der Waals surface area (Å²) < 4.78 is 5.98. The van der Waals surface area contributed by atoms with Crippen LogP contribution in [0.15, 0.2) is 0 Å². The van der Waals surface area contributed by atoms with Crippen LogP contribution < -0.4 is 0 Å². The number of hydrogen-bond acceptors (Lipinski definition) is 5. The van der Waals surface area contributed by atoms with E-state index in [1.807, 2.05) is 0 Å². The average Bonchev–Trinajstić information content (AvgIpc) is 3.66. The van der Waals surface area contributed by atoms with E-state index in [1.165, 1.54) is 70.6 Å². The lowest BCUT2D eigenvalue weighted by molar-refractivity contribution is -0.175. The second kappa shape index (κ2) is 14.1. The molecule has 296 valence electrons. The van der Waals surface area contributed by atoms with Crippen molar-refractivity contribution in [1.82, 2.24) is 0 Å². The molecule has 0 spiro atoms. The molecule has 0 aromatic heterocycles. The van der Waals surface area contributed by atoms with Gasteiger partial charge in [0.1, 0.15) is 0 Å². The Hall–Kier alpha value is -0.650.